The summed E-state index contributed by atoms with van der Waals surface area (Å²) in [6, 6.07) is 16.5. The highest BCUT2D eigenvalue weighted by atomic mass is 16.5. The van der Waals surface area contributed by atoms with Gasteiger partial charge in [-0.25, -0.2) is 4.79 Å². The highest BCUT2D eigenvalue weighted by Gasteiger charge is 2.23. The SMILES string of the molecule is CCC(C)CC1CCC(c2ccc(OC(=O)c3ccc(C#N)cc3)cc2)CC1. The molecule has 1 unspecified atom stereocenters. The number of hydrogen-bond acceptors (Lipinski definition) is 3. The molecule has 0 N–H and O–H groups in total. The van der Waals surface area contributed by atoms with E-state index in [1.807, 2.05) is 18.2 Å². The quantitative estimate of drug-likeness (QED) is 0.428. The van der Waals surface area contributed by atoms with Gasteiger partial charge in [0, 0.05) is 0 Å². The zero-order valence-electron chi connectivity index (χ0n) is 16.9. The predicted molar refractivity (Wildman–Crippen MR) is 111 cm³/mol. The topological polar surface area (TPSA) is 50.1 Å². The molecule has 0 bridgehead atoms. The second-order valence-corrected chi connectivity index (χ2v) is 8.11. The Balaban J connectivity index is 1.53. The molecule has 0 heterocycles. The minimum atomic E-state index is -0.400. The van der Waals surface area contributed by atoms with Gasteiger partial charge in [0.25, 0.3) is 0 Å². The number of carbonyl (C=O) groups excluding carboxylic acids is 1. The summed E-state index contributed by atoms with van der Waals surface area (Å²) < 4.78 is 5.47. The highest BCUT2D eigenvalue weighted by molar-refractivity contribution is 5.91. The van der Waals surface area contributed by atoms with Crippen LogP contribution in [-0.2, 0) is 0 Å². The maximum Gasteiger partial charge on any atom is 0.343 e. The van der Waals surface area contributed by atoms with Crippen LogP contribution in [0.2, 0.25) is 0 Å². The number of esters is 1. The molecule has 0 amide bonds. The summed E-state index contributed by atoms with van der Waals surface area (Å²) in [6.45, 7) is 4.65. The molecule has 1 aliphatic rings. The van der Waals surface area contributed by atoms with Crippen LogP contribution in [0.25, 0.3) is 0 Å². The second kappa shape index (κ2) is 9.55. The van der Waals surface area contributed by atoms with Crippen molar-refractivity contribution >= 4 is 5.97 Å². The van der Waals surface area contributed by atoms with E-state index in [9.17, 15) is 4.79 Å². The zero-order chi connectivity index (χ0) is 19.9. The third kappa shape index (κ3) is 5.23. The fourth-order valence-electron chi connectivity index (χ4n) is 4.12. The maximum absolute atomic E-state index is 12.2. The first-order valence-corrected chi connectivity index (χ1v) is 10.4. The normalized spacial score (nSPS) is 20.2. The monoisotopic (exact) mass is 375 g/mol. The first-order chi connectivity index (χ1) is 13.6. The van der Waals surface area contributed by atoms with E-state index < -0.39 is 5.97 Å². The fraction of sp³-hybridized carbons (Fsp3) is 0.440. The van der Waals surface area contributed by atoms with E-state index in [0.717, 1.165) is 11.8 Å². The van der Waals surface area contributed by atoms with Gasteiger partial charge in [-0.15, -0.1) is 0 Å². The van der Waals surface area contributed by atoms with Gasteiger partial charge in [-0.3, -0.25) is 0 Å². The third-order valence-electron chi connectivity index (χ3n) is 6.09. The van der Waals surface area contributed by atoms with Crippen molar-refractivity contribution in [2.45, 2.75) is 58.3 Å². The van der Waals surface area contributed by atoms with E-state index in [0.29, 0.717) is 22.8 Å². The Morgan fingerprint density at radius 1 is 1.07 bits per heavy atom. The molecule has 1 saturated carbocycles. The first-order valence-electron chi connectivity index (χ1n) is 10.4. The maximum atomic E-state index is 12.2. The van der Waals surface area contributed by atoms with Gasteiger partial charge in [-0.1, -0.05) is 32.4 Å². The van der Waals surface area contributed by atoms with Gasteiger partial charge in [0.1, 0.15) is 5.75 Å². The van der Waals surface area contributed by atoms with E-state index in [4.69, 9.17) is 10.00 Å². The number of rotatable bonds is 6. The molecular weight excluding hydrogens is 346 g/mol. The van der Waals surface area contributed by atoms with Crippen LogP contribution in [0, 0.1) is 23.2 Å². The highest BCUT2D eigenvalue weighted by Crippen LogP contribution is 2.38. The number of carbonyl (C=O) groups is 1. The van der Waals surface area contributed by atoms with Crippen LogP contribution in [-0.4, -0.2) is 5.97 Å². The largest absolute Gasteiger partial charge is 0.423 e. The number of nitriles is 1. The van der Waals surface area contributed by atoms with Gasteiger partial charge in [-0.2, -0.15) is 5.26 Å². The van der Waals surface area contributed by atoms with Crippen LogP contribution in [0.4, 0.5) is 0 Å². The molecule has 1 fully saturated rings. The smallest absolute Gasteiger partial charge is 0.343 e. The molecule has 2 aromatic rings. The summed E-state index contributed by atoms with van der Waals surface area (Å²) >= 11 is 0. The molecule has 0 saturated heterocycles. The molecule has 0 aromatic heterocycles. The van der Waals surface area contributed by atoms with Gasteiger partial charge >= 0.3 is 5.97 Å². The summed E-state index contributed by atoms with van der Waals surface area (Å²) in [5.74, 6) is 2.51. The van der Waals surface area contributed by atoms with Crippen LogP contribution < -0.4 is 4.74 Å². The fourth-order valence-corrected chi connectivity index (χ4v) is 4.12. The minimum absolute atomic E-state index is 0.400. The molecule has 2 aromatic carbocycles. The second-order valence-electron chi connectivity index (χ2n) is 8.11. The van der Waals surface area contributed by atoms with Crippen molar-refractivity contribution in [2.24, 2.45) is 11.8 Å². The molecule has 1 atom stereocenters. The molecule has 146 valence electrons. The Kier molecular flexibility index (Phi) is 6.87. The molecule has 0 spiro atoms. The number of ether oxygens (including phenoxy) is 1. The van der Waals surface area contributed by atoms with E-state index in [2.05, 4.69) is 26.0 Å². The molecule has 3 rings (SSSR count). The van der Waals surface area contributed by atoms with Crippen molar-refractivity contribution in [1.82, 2.24) is 0 Å². The number of benzene rings is 2. The average molecular weight is 376 g/mol. The first kappa shape index (κ1) is 20.1. The molecule has 1 aliphatic carbocycles. The van der Waals surface area contributed by atoms with Crippen LogP contribution in [0.1, 0.15) is 79.8 Å². The number of hydrogen-bond donors (Lipinski definition) is 0. The van der Waals surface area contributed by atoms with Crippen molar-refractivity contribution in [3.8, 4) is 11.8 Å². The van der Waals surface area contributed by atoms with Gasteiger partial charge in [0.15, 0.2) is 0 Å². The lowest BCUT2D eigenvalue weighted by Gasteiger charge is -2.30. The van der Waals surface area contributed by atoms with Crippen LogP contribution in [0.3, 0.4) is 0 Å². The van der Waals surface area contributed by atoms with Crippen molar-refractivity contribution in [3.63, 3.8) is 0 Å². The lowest BCUT2D eigenvalue weighted by Crippen LogP contribution is -2.15. The van der Waals surface area contributed by atoms with E-state index in [1.165, 1.54) is 44.1 Å². The minimum Gasteiger partial charge on any atom is -0.423 e. The standard InChI is InChI=1S/C25H29NO2/c1-3-18(2)16-19-4-8-21(9-5-19)22-12-14-24(15-13-22)28-25(27)23-10-6-20(17-26)7-11-23/h6-7,10-15,18-19,21H,3-5,8-9,16H2,1-2H3. The molecular formula is C25H29NO2. The Bertz CT molecular complexity index is 809. The van der Waals surface area contributed by atoms with Gasteiger partial charge in [0.05, 0.1) is 17.2 Å². The Labute approximate surface area is 168 Å². The van der Waals surface area contributed by atoms with Crippen molar-refractivity contribution in [3.05, 3.63) is 65.2 Å². The molecule has 3 heteroatoms. The lowest BCUT2D eigenvalue weighted by atomic mass is 9.75. The summed E-state index contributed by atoms with van der Waals surface area (Å²) in [7, 11) is 0. The van der Waals surface area contributed by atoms with Crippen molar-refractivity contribution in [2.75, 3.05) is 0 Å². The van der Waals surface area contributed by atoms with E-state index in [1.54, 1.807) is 24.3 Å². The average Bonchev–Trinajstić information content (AvgIpc) is 2.75. The molecule has 28 heavy (non-hydrogen) atoms. The van der Waals surface area contributed by atoms with Gasteiger partial charge < -0.3 is 4.74 Å². The van der Waals surface area contributed by atoms with E-state index in [-0.39, 0.29) is 0 Å². The van der Waals surface area contributed by atoms with Crippen LogP contribution in [0.15, 0.2) is 48.5 Å². The Hall–Kier alpha value is -2.60. The summed E-state index contributed by atoms with van der Waals surface area (Å²) in [5.41, 5.74) is 2.32. The lowest BCUT2D eigenvalue weighted by molar-refractivity contribution is 0.0734. The summed E-state index contributed by atoms with van der Waals surface area (Å²) in [6.07, 6.45) is 7.81. The van der Waals surface area contributed by atoms with Crippen molar-refractivity contribution in [1.29, 1.82) is 5.26 Å². The summed E-state index contributed by atoms with van der Waals surface area (Å²) in [5, 5.41) is 8.83. The third-order valence-corrected chi connectivity index (χ3v) is 6.09. The molecule has 0 radical (unpaired) electrons. The van der Waals surface area contributed by atoms with E-state index >= 15 is 0 Å². The van der Waals surface area contributed by atoms with Gasteiger partial charge in [-0.05, 0) is 91.8 Å². The van der Waals surface area contributed by atoms with Crippen LogP contribution in [0.5, 0.6) is 5.75 Å². The Morgan fingerprint density at radius 2 is 1.71 bits per heavy atom. The zero-order valence-corrected chi connectivity index (χ0v) is 16.9. The summed E-state index contributed by atoms with van der Waals surface area (Å²) in [4.78, 5) is 12.2. The number of nitrogens with zero attached hydrogens (tertiary/aromatic N) is 1. The van der Waals surface area contributed by atoms with Gasteiger partial charge in [0.2, 0.25) is 0 Å². The van der Waals surface area contributed by atoms with Crippen LogP contribution >= 0.6 is 0 Å². The Morgan fingerprint density at radius 3 is 2.29 bits per heavy atom. The predicted octanol–water partition coefficient (Wildman–Crippen LogP) is 6.49. The van der Waals surface area contributed by atoms with Crippen molar-refractivity contribution < 1.29 is 9.53 Å². The molecule has 0 aliphatic heterocycles. The molecule has 3 nitrogen and oxygen atoms in total.